The SMILES string of the molecule is Cc1ccc(Cl)c(O[C@H](c2ccncc2)[C@H]2CCNC2)c1Cl. The van der Waals surface area contributed by atoms with Crippen LogP contribution in [0.25, 0.3) is 0 Å². The van der Waals surface area contributed by atoms with Crippen LogP contribution in [-0.4, -0.2) is 18.1 Å². The molecule has 116 valence electrons. The van der Waals surface area contributed by atoms with E-state index in [2.05, 4.69) is 10.3 Å². The number of aromatic nitrogens is 1. The van der Waals surface area contributed by atoms with Gasteiger partial charge in [-0.3, -0.25) is 4.98 Å². The molecule has 1 aliphatic rings. The normalized spacial score (nSPS) is 19.1. The van der Waals surface area contributed by atoms with Crippen molar-refractivity contribution in [1.82, 2.24) is 10.3 Å². The minimum absolute atomic E-state index is 0.0881. The van der Waals surface area contributed by atoms with Gasteiger partial charge in [-0.05, 0) is 49.2 Å². The van der Waals surface area contributed by atoms with Crippen molar-refractivity contribution in [1.29, 1.82) is 0 Å². The highest BCUT2D eigenvalue weighted by Crippen LogP contribution is 2.40. The Labute approximate surface area is 140 Å². The maximum atomic E-state index is 6.40. The Morgan fingerprint density at radius 1 is 1.23 bits per heavy atom. The molecule has 1 fully saturated rings. The molecule has 1 aromatic carbocycles. The van der Waals surface area contributed by atoms with Crippen molar-refractivity contribution in [2.24, 2.45) is 5.92 Å². The van der Waals surface area contributed by atoms with Gasteiger partial charge < -0.3 is 10.1 Å². The van der Waals surface area contributed by atoms with E-state index in [4.69, 9.17) is 27.9 Å². The topological polar surface area (TPSA) is 34.1 Å². The standard InChI is InChI=1S/C17H18Cl2N2O/c1-11-2-3-14(18)17(15(11)19)22-16(13-6-9-21-10-13)12-4-7-20-8-5-12/h2-5,7-8,13,16,21H,6,9-10H2,1H3/t13-,16+/m0/s1. The summed E-state index contributed by atoms with van der Waals surface area (Å²) < 4.78 is 6.30. The Bertz CT molecular complexity index is 643. The van der Waals surface area contributed by atoms with Crippen molar-refractivity contribution in [2.45, 2.75) is 19.4 Å². The van der Waals surface area contributed by atoms with Crippen molar-refractivity contribution in [3.8, 4) is 5.75 Å². The predicted molar refractivity (Wildman–Crippen MR) is 89.8 cm³/mol. The summed E-state index contributed by atoms with van der Waals surface area (Å²) in [5, 5.41) is 4.51. The summed E-state index contributed by atoms with van der Waals surface area (Å²) in [7, 11) is 0. The number of hydrogen-bond acceptors (Lipinski definition) is 3. The summed E-state index contributed by atoms with van der Waals surface area (Å²) in [5.74, 6) is 0.951. The molecule has 2 heterocycles. The molecule has 0 amide bonds. The molecule has 1 N–H and O–H groups in total. The second-order valence-electron chi connectivity index (χ2n) is 5.58. The van der Waals surface area contributed by atoms with Crippen LogP contribution in [0.2, 0.25) is 10.0 Å². The van der Waals surface area contributed by atoms with E-state index in [1.165, 1.54) is 0 Å². The van der Waals surface area contributed by atoms with Gasteiger partial charge in [0.15, 0.2) is 5.75 Å². The fraction of sp³-hybridized carbons (Fsp3) is 0.353. The van der Waals surface area contributed by atoms with Crippen molar-refractivity contribution in [3.63, 3.8) is 0 Å². The van der Waals surface area contributed by atoms with Crippen LogP contribution >= 0.6 is 23.2 Å². The number of benzene rings is 1. The zero-order valence-corrected chi connectivity index (χ0v) is 13.9. The molecular weight excluding hydrogens is 319 g/mol. The molecular formula is C17H18Cl2N2O. The summed E-state index contributed by atoms with van der Waals surface area (Å²) in [5.41, 5.74) is 2.05. The highest BCUT2D eigenvalue weighted by atomic mass is 35.5. The van der Waals surface area contributed by atoms with Crippen molar-refractivity contribution >= 4 is 23.2 Å². The van der Waals surface area contributed by atoms with Crippen LogP contribution in [0, 0.1) is 12.8 Å². The second kappa shape index (κ2) is 6.86. The smallest absolute Gasteiger partial charge is 0.157 e. The third kappa shape index (κ3) is 3.22. The van der Waals surface area contributed by atoms with Gasteiger partial charge in [-0.15, -0.1) is 0 Å². The number of halogens is 2. The van der Waals surface area contributed by atoms with Gasteiger partial charge in [0.05, 0.1) is 10.0 Å². The average molecular weight is 337 g/mol. The lowest BCUT2D eigenvalue weighted by atomic mass is 9.95. The minimum atomic E-state index is -0.0881. The molecule has 0 spiro atoms. The minimum Gasteiger partial charge on any atom is -0.482 e. The molecule has 2 atom stereocenters. The first-order valence-electron chi connectivity index (χ1n) is 7.38. The molecule has 0 saturated carbocycles. The van der Waals surface area contributed by atoms with Crippen LogP contribution in [0.1, 0.15) is 23.7 Å². The van der Waals surface area contributed by atoms with Crippen LogP contribution in [0.3, 0.4) is 0 Å². The fourth-order valence-electron chi connectivity index (χ4n) is 2.79. The van der Waals surface area contributed by atoms with E-state index in [9.17, 15) is 0 Å². The third-order valence-electron chi connectivity index (χ3n) is 4.05. The van der Waals surface area contributed by atoms with Gasteiger partial charge in [-0.2, -0.15) is 0 Å². The first-order chi connectivity index (χ1) is 10.7. The summed E-state index contributed by atoms with van der Waals surface area (Å²) >= 11 is 12.7. The van der Waals surface area contributed by atoms with E-state index in [0.29, 0.717) is 21.7 Å². The number of ether oxygens (including phenoxy) is 1. The Hall–Kier alpha value is -1.29. The lowest BCUT2D eigenvalue weighted by molar-refractivity contribution is 0.144. The zero-order valence-electron chi connectivity index (χ0n) is 12.4. The Morgan fingerprint density at radius 3 is 2.68 bits per heavy atom. The third-order valence-corrected chi connectivity index (χ3v) is 4.82. The van der Waals surface area contributed by atoms with Crippen LogP contribution in [0.15, 0.2) is 36.7 Å². The van der Waals surface area contributed by atoms with Gasteiger partial charge in [-0.1, -0.05) is 29.3 Å². The quantitative estimate of drug-likeness (QED) is 0.896. The van der Waals surface area contributed by atoms with E-state index < -0.39 is 0 Å². The summed E-state index contributed by atoms with van der Waals surface area (Å²) in [6, 6.07) is 7.70. The van der Waals surface area contributed by atoms with Crippen LogP contribution < -0.4 is 10.1 Å². The lowest BCUT2D eigenvalue weighted by Crippen LogP contribution is -2.21. The number of nitrogens with zero attached hydrogens (tertiary/aromatic N) is 1. The van der Waals surface area contributed by atoms with Gasteiger partial charge in [0.2, 0.25) is 0 Å². The molecule has 1 aromatic heterocycles. The summed E-state index contributed by atoms with van der Waals surface area (Å²) in [4.78, 5) is 4.09. The molecule has 0 bridgehead atoms. The molecule has 0 radical (unpaired) electrons. The number of pyridine rings is 1. The largest absolute Gasteiger partial charge is 0.482 e. The summed E-state index contributed by atoms with van der Waals surface area (Å²) in [6.45, 7) is 3.88. The van der Waals surface area contributed by atoms with Gasteiger partial charge >= 0.3 is 0 Å². The molecule has 2 aromatic rings. The van der Waals surface area contributed by atoms with Crippen LogP contribution in [-0.2, 0) is 0 Å². The van der Waals surface area contributed by atoms with Gasteiger partial charge in [0, 0.05) is 24.9 Å². The highest BCUT2D eigenvalue weighted by molar-refractivity contribution is 6.37. The van der Waals surface area contributed by atoms with E-state index in [-0.39, 0.29) is 6.10 Å². The molecule has 22 heavy (non-hydrogen) atoms. The fourth-order valence-corrected chi connectivity index (χ4v) is 3.25. The van der Waals surface area contributed by atoms with E-state index in [1.807, 2.05) is 31.2 Å². The predicted octanol–water partition coefficient (Wildman–Crippen LogP) is 4.43. The van der Waals surface area contributed by atoms with Crippen molar-refractivity contribution in [2.75, 3.05) is 13.1 Å². The Kier molecular flexibility index (Phi) is 4.87. The van der Waals surface area contributed by atoms with Crippen LogP contribution in [0.5, 0.6) is 5.75 Å². The molecule has 1 aliphatic heterocycles. The Balaban J connectivity index is 1.95. The van der Waals surface area contributed by atoms with Crippen LogP contribution in [0.4, 0.5) is 0 Å². The second-order valence-corrected chi connectivity index (χ2v) is 6.36. The van der Waals surface area contributed by atoms with E-state index in [1.54, 1.807) is 12.4 Å². The van der Waals surface area contributed by atoms with Gasteiger partial charge in [-0.25, -0.2) is 0 Å². The van der Waals surface area contributed by atoms with Crippen molar-refractivity contribution in [3.05, 3.63) is 57.8 Å². The number of nitrogens with one attached hydrogen (secondary N) is 1. The molecule has 0 aliphatic carbocycles. The average Bonchev–Trinajstić information content (AvgIpc) is 3.06. The van der Waals surface area contributed by atoms with Gasteiger partial charge in [0.1, 0.15) is 6.10 Å². The maximum Gasteiger partial charge on any atom is 0.157 e. The Morgan fingerprint density at radius 2 is 2.00 bits per heavy atom. The molecule has 3 rings (SSSR count). The molecule has 3 nitrogen and oxygen atoms in total. The first kappa shape index (κ1) is 15.6. The van der Waals surface area contributed by atoms with Gasteiger partial charge in [0.25, 0.3) is 0 Å². The summed E-state index contributed by atoms with van der Waals surface area (Å²) in [6.07, 6.45) is 4.55. The lowest BCUT2D eigenvalue weighted by Gasteiger charge is -2.26. The zero-order chi connectivity index (χ0) is 15.5. The van der Waals surface area contributed by atoms with Crippen molar-refractivity contribution < 1.29 is 4.74 Å². The highest BCUT2D eigenvalue weighted by Gasteiger charge is 2.29. The number of hydrogen-bond donors (Lipinski definition) is 1. The maximum absolute atomic E-state index is 6.40. The first-order valence-corrected chi connectivity index (χ1v) is 8.14. The number of aryl methyl sites for hydroxylation is 1. The van der Waals surface area contributed by atoms with E-state index >= 15 is 0 Å². The molecule has 0 unspecified atom stereocenters. The molecule has 5 heteroatoms. The molecule has 1 saturated heterocycles. The van der Waals surface area contributed by atoms with E-state index in [0.717, 1.165) is 30.6 Å². The monoisotopic (exact) mass is 336 g/mol. The number of rotatable bonds is 4.